The van der Waals surface area contributed by atoms with E-state index in [9.17, 15) is 19.0 Å². The minimum atomic E-state index is -4.64. The van der Waals surface area contributed by atoms with Gasteiger partial charge in [0, 0.05) is 12.8 Å². The summed E-state index contributed by atoms with van der Waals surface area (Å²) in [5.74, 6) is -0.837. The number of phosphoric ester groups is 1. The molecular formula is C70H120NO8P. The van der Waals surface area contributed by atoms with Gasteiger partial charge in [0.2, 0.25) is 0 Å². The number of hydrogen-bond donors (Lipinski definition) is 0. The highest BCUT2D eigenvalue weighted by molar-refractivity contribution is 7.45. The molecule has 0 bridgehead atoms. The Hall–Kier alpha value is -3.59. The minimum absolute atomic E-state index is 0.0350. The molecule has 10 heteroatoms. The number of quaternary nitrogens is 1. The van der Waals surface area contributed by atoms with Gasteiger partial charge in [-0.25, -0.2) is 0 Å². The summed E-state index contributed by atoms with van der Waals surface area (Å²) in [5.41, 5.74) is 0. The molecule has 0 heterocycles. The van der Waals surface area contributed by atoms with Crippen molar-refractivity contribution >= 4 is 19.8 Å². The molecule has 0 aromatic rings. The minimum Gasteiger partial charge on any atom is -0.756 e. The van der Waals surface area contributed by atoms with Crippen LogP contribution in [0.2, 0.25) is 0 Å². The van der Waals surface area contributed by atoms with E-state index in [4.69, 9.17) is 18.5 Å². The summed E-state index contributed by atoms with van der Waals surface area (Å²) in [6.07, 6.45) is 85.5. The number of rotatable bonds is 58. The number of ether oxygens (including phenoxy) is 2. The first-order chi connectivity index (χ1) is 39.0. The Kier molecular flexibility index (Phi) is 57.3. The van der Waals surface area contributed by atoms with Crippen LogP contribution < -0.4 is 4.89 Å². The first kappa shape index (κ1) is 76.4. The molecule has 458 valence electrons. The molecule has 0 fully saturated rings. The quantitative estimate of drug-likeness (QED) is 0.0195. The molecule has 0 aliphatic heterocycles. The van der Waals surface area contributed by atoms with Crippen LogP contribution in [0.25, 0.3) is 0 Å². The largest absolute Gasteiger partial charge is 0.756 e. The molecule has 0 aliphatic carbocycles. The maximum atomic E-state index is 12.8. The third-order valence-corrected chi connectivity index (χ3v) is 14.5. The van der Waals surface area contributed by atoms with Crippen molar-refractivity contribution in [2.75, 3.05) is 47.5 Å². The molecule has 0 N–H and O–H groups in total. The van der Waals surface area contributed by atoms with Crippen molar-refractivity contribution in [3.63, 3.8) is 0 Å². The van der Waals surface area contributed by atoms with E-state index in [0.717, 1.165) is 109 Å². The van der Waals surface area contributed by atoms with E-state index in [1.807, 2.05) is 21.1 Å². The molecule has 0 rings (SSSR count). The summed E-state index contributed by atoms with van der Waals surface area (Å²) in [4.78, 5) is 37.9. The van der Waals surface area contributed by atoms with Gasteiger partial charge in [-0.1, -0.05) is 277 Å². The fourth-order valence-electron chi connectivity index (χ4n) is 8.57. The molecule has 0 amide bonds. The van der Waals surface area contributed by atoms with E-state index in [2.05, 4.69) is 135 Å². The van der Waals surface area contributed by atoms with E-state index < -0.39 is 26.5 Å². The number of hydrogen-bond acceptors (Lipinski definition) is 8. The molecule has 2 unspecified atom stereocenters. The molecule has 2 atom stereocenters. The maximum Gasteiger partial charge on any atom is 0.306 e. The van der Waals surface area contributed by atoms with Gasteiger partial charge in [0.05, 0.1) is 27.7 Å². The van der Waals surface area contributed by atoms with E-state index in [0.29, 0.717) is 17.4 Å². The normalized spacial score (nSPS) is 14.0. The van der Waals surface area contributed by atoms with Crippen LogP contribution in [-0.2, 0) is 32.7 Å². The van der Waals surface area contributed by atoms with Crippen molar-refractivity contribution < 1.29 is 42.1 Å². The van der Waals surface area contributed by atoms with Crippen molar-refractivity contribution in [2.45, 2.75) is 264 Å². The van der Waals surface area contributed by atoms with Gasteiger partial charge < -0.3 is 27.9 Å². The van der Waals surface area contributed by atoms with Crippen molar-refractivity contribution in [1.82, 2.24) is 0 Å². The highest BCUT2D eigenvalue weighted by Crippen LogP contribution is 2.38. The first-order valence-corrected chi connectivity index (χ1v) is 33.7. The Bertz CT molecular complexity index is 1760. The average molecular weight is 1130 g/mol. The lowest BCUT2D eigenvalue weighted by molar-refractivity contribution is -0.870. The molecule has 0 saturated carbocycles. The number of nitrogens with zero attached hydrogens (tertiary/aromatic N) is 1. The van der Waals surface area contributed by atoms with Gasteiger partial charge in [0.15, 0.2) is 6.10 Å². The van der Waals surface area contributed by atoms with E-state index in [1.165, 1.54) is 116 Å². The van der Waals surface area contributed by atoms with Crippen molar-refractivity contribution in [2.24, 2.45) is 0 Å². The van der Waals surface area contributed by atoms with Crippen LogP contribution in [-0.4, -0.2) is 70.0 Å². The Morgan fingerprint density at radius 1 is 0.400 bits per heavy atom. The number of unbranched alkanes of at least 4 members (excludes halogenated alkanes) is 24. The van der Waals surface area contributed by atoms with Gasteiger partial charge in [-0.2, -0.15) is 0 Å². The van der Waals surface area contributed by atoms with Crippen LogP contribution in [0.4, 0.5) is 0 Å². The molecule has 0 saturated heterocycles. The van der Waals surface area contributed by atoms with Gasteiger partial charge in [-0.3, -0.25) is 14.2 Å². The van der Waals surface area contributed by atoms with Crippen LogP contribution in [0, 0.1) is 0 Å². The summed E-state index contributed by atoms with van der Waals surface area (Å²) >= 11 is 0. The van der Waals surface area contributed by atoms with Gasteiger partial charge >= 0.3 is 11.9 Å². The predicted molar refractivity (Wildman–Crippen MR) is 341 cm³/mol. The molecule has 80 heavy (non-hydrogen) atoms. The molecule has 0 spiro atoms. The van der Waals surface area contributed by atoms with E-state index in [-0.39, 0.29) is 32.0 Å². The first-order valence-electron chi connectivity index (χ1n) is 32.2. The molecule has 0 aromatic carbocycles. The molecule has 0 aliphatic rings. The standard InChI is InChI=1S/C70H120NO8P/c1-6-8-10-12-14-16-18-20-22-23-24-25-26-27-28-29-30-31-32-33-34-35-36-37-38-39-40-41-42-43-44-45-46-47-49-51-53-55-57-59-61-63-70(73)79-68(67-78-80(74,75)77-65-64-71(3,4)5)66-76-69(72)62-60-58-56-54-52-50-48-21-19-17-15-13-11-9-7-2/h8,10,14,16,20,22,24-25,27-28,30-31,33-34,36-37,39-40,42-43,68H,6-7,9,11-13,15,17-19,21,23,26,29,32,35,38,41,44-67H2,1-5H3/b10-8-,16-14-,22-20-,25-24-,28-27-,31-30-,34-33-,37-36-,40-39-,43-42-. The number of carbonyl (C=O) groups excluding carboxylic acids is 2. The molecule has 9 nitrogen and oxygen atoms in total. The second kappa shape index (κ2) is 60.0. The van der Waals surface area contributed by atoms with Crippen molar-refractivity contribution in [1.29, 1.82) is 0 Å². The molecule has 0 aromatic heterocycles. The van der Waals surface area contributed by atoms with Crippen molar-refractivity contribution in [3.8, 4) is 0 Å². The van der Waals surface area contributed by atoms with Crippen LogP contribution in [0.3, 0.4) is 0 Å². The van der Waals surface area contributed by atoms with E-state index in [1.54, 1.807) is 0 Å². The number of allylic oxidation sites excluding steroid dienone is 20. The van der Waals surface area contributed by atoms with Gasteiger partial charge in [0.25, 0.3) is 7.82 Å². The fraction of sp³-hybridized carbons (Fsp3) is 0.686. The lowest BCUT2D eigenvalue weighted by Gasteiger charge is -2.28. The summed E-state index contributed by atoms with van der Waals surface area (Å²) in [7, 11) is 1.16. The topological polar surface area (TPSA) is 111 Å². The smallest absolute Gasteiger partial charge is 0.306 e. The van der Waals surface area contributed by atoms with Crippen LogP contribution in [0.1, 0.15) is 258 Å². The van der Waals surface area contributed by atoms with Crippen molar-refractivity contribution in [3.05, 3.63) is 122 Å². The molecular weight excluding hydrogens is 1010 g/mol. The van der Waals surface area contributed by atoms with Gasteiger partial charge in [0.1, 0.15) is 19.8 Å². The lowest BCUT2D eigenvalue weighted by atomic mass is 10.0. The van der Waals surface area contributed by atoms with E-state index >= 15 is 0 Å². The zero-order valence-corrected chi connectivity index (χ0v) is 52.9. The predicted octanol–water partition coefficient (Wildman–Crippen LogP) is 20.1. The Morgan fingerprint density at radius 3 is 1.06 bits per heavy atom. The Morgan fingerprint density at radius 2 is 0.713 bits per heavy atom. The lowest BCUT2D eigenvalue weighted by Crippen LogP contribution is -2.37. The van der Waals surface area contributed by atoms with Gasteiger partial charge in [-0.05, 0) is 89.9 Å². The van der Waals surface area contributed by atoms with Gasteiger partial charge in [-0.15, -0.1) is 0 Å². The highest BCUT2D eigenvalue weighted by atomic mass is 31.2. The Labute approximate surface area is 492 Å². The molecule has 0 radical (unpaired) electrons. The maximum absolute atomic E-state index is 12.8. The second-order valence-electron chi connectivity index (χ2n) is 22.4. The summed E-state index contributed by atoms with van der Waals surface area (Å²) in [6.45, 7) is 4.13. The third kappa shape index (κ3) is 63.6. The average Bonchev–Trinajstić information content (AvgIpc) is 3.42. The number of esters is 2. The van der Waals surface area contributed by atoms with Crippen LogP contribution in [0.15, 0.2) is 122 Å². The summed E-state index contributed by atoms with van der Waals surface area (Å²) in [6, 6.07) is 0. The monoisotopic (exact) mass is 1130 g/mol. The van der Waals surface area contributed by atoms with Crippen LogP contribution >= 0.6 is 7.82 Å². The van der Waals surface area contributed by atoms with Crippen LogP contribution in [0.5, 0.6) is 0 Å². The summed E-state index contributed by atoms with van der Waals surface area (Å²) in [5, 5.41) is 0. The Balaban J connectivity index is 4.07. The fourth-order valence-corrected chi connectivity index (χ4v) is 9.30. The second-order valence-corrected chi connectivity index (χ2v) is 23.8. The highest BCUT2D eigenvalue weighted by Gasteiger charge is 2.22. The number of carbonyl (C=O) groups is 2. The number of likely N-dealkylation sites (N-methyl/N-ethyl adjacent to an activating group) is 1. The SMILES string of the molecule is CC/C=C\C/C=C\C/C=C\C/C=C\C/C=C\C/C=C\C/C=C\C/C=C\C/C=C\C/C=C\CCCCCCCCCCCCC(=O)OC(COC(=O)CCCCCCCCCCCCCCCCC)COP(=O)([O-])OCC[N+](C)(C)C. The zero-order valence-electron chi connectivity index (χ0n) is 52.0. The zero-order chi connectivity index (χ0) is 58.4. The summed E-state index contributed by atoms with van der Waals surface area (Å²) < 4.78 is 34.2. The number of phosphoric acid groups is 1. The third-order valence-electron chi connectivity index (χ3n) is 13.5.